The molecule has 0 fully saturated rings. The smallest absolute Gasteiger partial charge is 0.333 e. The van der Waals surface area contributed by atoms with Crippen molar-refractivity contribution < 1.29 is 9.53 Å². The Kier molecular flexibility index (Phi) is 47.9. The van der Waals surface area contributed by atoms with Crippen molar-refractivity contribution >= 4 is 5.97 Å². The van der Waals surface area contributed by atoms with Gasteiger partial charge >= 0.3 is 5.97 Å². The lowest BCUT2D eigenvalue weighted by Gasteiger charge is -2.17. The molecular formula is C54H106O2. The van der Waals surface area contributed by atoms with Gasteiger partial charge in [0.25, 0.3) is 0 Å². The maximum atomic E-state index is 12.1. The Morgan fingerprint density at radius 1 is 0.339 bits per heavy atom. The fourth-order valence-corrected chi connectivity index (χ4v) is 8.71. The Bertz CT molecular complexity index is 710. The number of ether oxygens (including phenoxy) is 1. The highest BCUT2D eigenvalue weighted by molar-refractivity contribution is 5.86. The van der Waals surface area contributed by atoms with Crippen LogP contribution in [0.25, 0.3) is 0 Å². The predicted octanol–water partition coefficient (Wildman–Crippen LogP) is 19.7. The van der Waals surface area contributed by atoms with Crippen molar-refractivity contribution in [2.24, 2.45) is 5.92 Å². The van der Waals surface area contributed by atoms with Crippen LogP contribution in [-0.4, -0.2) is 12.6 Å². The molecule has 0 rings (SSSR count). The summed E-state index contributed by atoms with van der Waals surface area (Å²) in [6.07, 6.45) is 65.4. The summed E-state index contributed by atoms with van der Waals surface area (Å²) in [6.45, 7) is 10.7. The van der Waals surface area contributed by atoms with Gasteiger partial charge in [-0.25, -0.2) is 4.79 Å². The lowest BCUT2D eigenvalue weighted by atomic mass is 9.94. The lowest BCUT2D eigenvalue weighted by molar-refractivity contribution is -0.140. The monoisotopic (exact) mass is 787 g/mol. The Morgan fingerprint density at radius 3 is 0.696 bits per heavy atom. The Morgan fingerprint density at radius 2 is 0.518 bits per heavy atom. The highest BCUT2D eigenvalue weighted by Gasteiger charge is 2.13. The first kappa shape index (κ1) is 55.2. The van der Waals surface area contributed by atoms with Crippen LogP contribution in [0.3, 0.4) is 0 Å². The van der Waals surface area contributed by atoms with E-state index >= 15 is 0 Å². The molecule has 0 aromatic carbocycles. The maximum absolute atomic E-state index is 12.1. The van der Waals surface area contributed by atoms with Crippen molar-refractivity contribution in [3.05, 3.63) is 12.2 Å². The van der Waals surface area contributed by atoms with E-state index in [9.17, 15) is 4.79 Å². The van der Waals surface area contributed by atoms with Crippen LogP contribution in [0, 0.1) is 5.92 Å². The molecule has 0 N–H and O–H groups in total. The van der Waals surface area contributed by atoms with Crippen LogP contribution in [0.15, 0.2) is 12.2 Å². The van der Waals surface area contributed by atoms with Gasteiger partial charge in [0, 0.05) is 5.57 Å². The molecule has 0 bridgehead atoms. The number of hydrogen-bond donors (Lipinski definition) is 0. The van der Waals surface area contributed by atoms with Gasteiger partial charge in [-0.2, -0.15) is 0 Å². The topological polar surface area (TPSA) is 26.3 Å². The molecule has 2 nitrogen and oxygen atoms in total. The first-order chi connectivity index (χ1) is 27.6. The third-order valence-electron chi connectivity index (χ3n) is 12.7. The van der Waals surface area contributed by atoms with E-state index in [1.54, 1.807) is 6.92 Å². The molecule has 2 heteroatoms. The summed E-state index contributed by atoms with van der Waals surface area (Å²) in [5.74, 6) is 0.312. The van der Waals surface area contributed by atoms with E-state index in [2.05, 4.69) is 20.4 Å². The average molecular weight is 787 g/mol. The molecule has 0 spiro atoms. The van der Waals surface area contributed by atoms with Crippen LogP contribution in [-0.2, 0) is 9.53 Å². The van der Waals surface area contributed by atoms with Crippen LogP contribution < -0.4 is 0 Å². The second-order valence-corrected chi connectivity index (χ2v) is 18.7. The van der Waals surface area contributed by atoms with Gasteiger partial charge in [0.15, 0.2) is 0 Å². The van der Waals surface area contributed by atoms with E-state index in [1.807, 2.05) is 0 Å². The molecule has 0 radical (unpaired) electrons. The highest BCUT2D eigenvalue weighted by atomic mass is 16.5. The van der Waals surface area contributed by atoms with Crippen molar-refractivity contribution in [2.75, 3.05) is 6.61 Å². The van der Waals surface area contributed by atoms with Gasteiger partial charge in [0.1, 0.15) is 0 Å². The molecule has 56 heavy (non-hydrogen) atoms. The van der Waals surface area contributed by atoms with Crippen molar-refractivity contribution in [3.63, 3.8) is 0 Å². The van der Waals surface area contributed by atoms with Gasteiger partial charge in [-0.1, -0.05) is 303 Å². The number of carbonyl (C=O) groups is 1. The Hall–Kier alpha value is -0.790. The number of hydrogen-bond acceptors (Lipinski definition) is 2. The third kappa shape index (κ3) is 45.9. The maximum Gasteiger partial charge on any atom is 0.333 e. The molecule has 0 saturated heterocycles. The zero-order valence-electron chi connectivity index (χ0n) is 39.3. The van der Waals surface area contributed by atoms with Gasteiger partial charge in [0.05, 0.1) is 6.61 Å². The minimum Gasteiger partial charge on any atom is -0.462 e. The summed E-state index contributed by atoms with van der Waals surface area (Å²) in [5, 5.41) is 0. The summed E-state index contributed by atoms with van der Waals surface area (Å²) >= 11 is 0. The molecule has 0 heterocycles. The van der Waals surface area contributed by atoms with Crippen LogP contribution in [0.5, 0.6) is 0 Å². The molecule has 334 valence electrons. The normalized spacial score (nSPS) is 11.6. The lowest BCUT2D eigenvalue weighted by Crippen LogP contribution is -2.15. The van der Waals surface area contributed by atoms with Crippen molar-refractivity contribution in [2.45, 2.75) is 316 Å². The van der Waals surface area contributed by atoms with Gasteiger partial charge in [-0.05, 0) is 25.7 Å². The second kappa shape index (κ2) is 48.6. The Balaban J connectivity index is 3.62. The van der Waals surface area contributed by atoms with Crippen molar-refractivity contribution in [1.82, 2.24) is 0 Å². The summed E-state index contributed by atoms with van der Waals surface area (Å²) in [5.41, 5.74) is 0.525. The number of unbranched alkanes of at least 4 members (excludes halogenated alkanes) is 42. The summed E-state index contributed by atoms with van der Waals surface area (Å²) in [6, 6.07) is 0. The minimum atomic E-state index is -0.210. The largest absolute Gasteiger partial charge is 0.462 e. The fraction of sp³-hybridized carbons (Fsp3) is 0.944. The third-order valence-corrected chi connectivity index (χ3v) is 12.7. The van der Waals surface area contributed by atoms with E-state index in [-0.39, 0.29) is 5.97 Å². The van der Waals surface area contributed by atoms with E-state index < -0.39 is 0 Å². The predicted molar refractivity (Wildman–Crippen MR) is 253 cm³/mol. The van der Waals surface area contributed by atoms with Crippen LogP contribution in [0.4, 0.5) is 0 Å². The second-order valence-electron chi connectivity index (χ2n) is 18.7. The highest BCUT2D eigenvalue weighted by Crippen LogP contribution is 2.22. The van der Waals surface area contributed by atoms with Gasteiger partial charge in [-0.3, -0.25) is 0 Å². The van der Waals surface area contributed by atoms with E-state index in [0.29, 0.717) is 18.1 Å². The number of rotatable bonds is 49. The Labute approximate surface area is 355 Å². The van der Waals surface area contributed by atoms with Crippen LogP contribution in [0.2, 0.25) is 0 Å². The summed E-state index contributed by atoms with van der Waals surface area (Å²) in [7, 11) is 0. The van der Waals surface area contributed by atoms with Gasteiger partial charge in [-0.15, -0.1) is 0 Å². The van der Waals surface area contributed by atoms with Crippen molar-refractivity contribution in [1.29, 1.82) is 0 Å². The first-order valence-electron chi connectivity index (χ1n) is 26.4. The zero-order chi connectivity index (χ0) is 40.7. The molecule has 0 aromatic heterocycles. The molecule has 0 aliphatic rings. The number of esters is 1. The van der Waals surface area contributed by atoms with E-state index in [0.717, 1.165) is 0 Å². The van der Waals surface area contributed by atoms with Gasteiger partial charge in [0.2, 0.25) is 0 Å². The summed E-state index contributed by atoms with van der Waals surface area (Å²) < 4.78 is 5.63. The summed E-state index contributed by atoms with van der Waals surface area (Å²) in [4.78, 5) is 12.1. The molecule has 0 unspecified atom stereocenters. The van der Waals surface area contributed by atoms with E-state index in [4.69, 9.17) is 4.74 Å². The molecule has 0 aliphatic heterocycles. The number of carbonyl (C=O) groups excluding carboxylic acids is 1. The molecule has 0 aliphatic carbocycles. The van der Waals surface area contributed by atoms with Crippen molar-refractivity contribution in [3.8, 4) is 0 Å². The van der Waals surface area contributed by atoms with Crippen LogP contribution in [0.1, 0.15) is 316 Å². The fourth-order valence-electron chi connectivity index (χ4n) is 8.71. The van der Waals surface area contributed by atoms with Gasteiger partial charge < -0.3 is 4.74 Å². The average Bonchev–Trinajstić information content (AvgIpc) is 3.20. The first-order valence-corrected chi connectivity index (χ1v) is 26.4. The SMILES string of the molecule is C=C(C)C(=O)OCC(CCCCCCCCCCCCCCCCCCCCCCCC)CCCCCCCCCCCCCCCCCCCCCCCC. The minimum absolute atomic E-state index is 0.210. The quantitative estimate of drug-likeness (QED) is 0.0349. The molecule has 0 saturated carbocycles. The molecule has 0 amide bonds. The standard InChI is InChI=1S/C54H106O2/c1-5-7-9-11-13-15-17-19-21-23-25-27-29-31-33-35-37-39-41-43-45-47-49-53(51-56-54(55)52(3)4)50-48-46-44-42-40-38-36-34-32-30-28-26-24-22-20-18-16-14-12-10-8-6-2/h53H,3,5-51H2,1-2,4H3. The van der Waals surface area contributed by atoms with E-state index in [1.165, 1.54) is 295 Å². The molecule has 0 aromatic rings. The molecular weight excluding hydrogens is 681 g/mol. The van der Waals surface area contributed by atoms with Crippen LogP contribution >= 0.6 is 0 Å². The zero-order valence-corrected chi connectivity index (χ0v) is 39.3. The molecule has 0 atom stereocenters.